The predicted octanol–water partition coefficient (Wildman–Crippen LogP) is 12.2. The molecule has 2 atom stereocenters. The second kappa shape index (κ2) is 12.9. The van der Waals surface area contributed by atoms with E-state index < -0.39 is 0 Å². The highest BCUT2D eigenvalue weighted by Crippen LogP contribution is 2.46. The number of allylic oxidation sites excluding steroid dienone is 1. The van der Waals surface area contributed by atoms with Crippen LogP contribution < -0.4 is 9.13 Å². The molecule has 7 aromatic rings. The van der Waals surface area contributed by atoms with Crippen LogP contribution in [0, 0.1) is 27.7 Å². The quantitative estimate of drug-likeness (QED) is 0.171. The fourth-order valence-electron chi connectivity index (χ4n) is 9.66. The Labute approximate surface area is 319 Å². The molecular weight excluding hydrogens is 659 g/mol. The van der Waals surface area contributed by atoms with E-state index in [1.54, 1.807) is 0 Å². The van der Waals surface area contributed by atoms with Gasteiger partial charge in [0.2, 0.25) is 17.1 Å². The number of fused-ring (bicyclic) bond motifs is 13. The molecule has 0 N–H and O–H groups in total. The molecule has 4 nitrogen and oxygen atoms in total. The van der Waals surface area contributed by atoms with Gasteiger partial charge in [0.1, 0.15) is 0 Å². The summed E-state index contributed by atoms with van der Waals surface area (Å²) in [5.41, 5.74) is 20.3. The summed E-state index contributed by atoms with van der Waals surface area (Å²) < 4.78 is 12.1. The number of pyridine rings is 3. The van der Waals surface area contributed by atoms with Gasteiger partial charge in [-0.05, 0) is 97.7 Å². The standard InChI is InChI=1S/C50H51N3O/c1-28(2)36-15-12-16-37(29(3)4)48(36)43-22-21-41-40-20-18-35-19-24-45-42(38-13-10-11-14-39(38)44-23-17-30(5)27-52(44)45)26-32(7)53-34(9)33(8)31(6)25-46(53)47(35)49(40)54-50(41)51-43/h10-18,20-23,25,27-29,42,45H,7,19,24,26H2,1-6,8-9H3/q+2. The van der Waals surface area contributed by atoms with E-state index in [9.17, 15) is 0 Å². The summed E-state index contributed by atoms with van der Waals surface area (Å²) in [6.07, 6.45) is 5.14. The van der Waals surface area contributed by atoms with Crippen molar-refractivity contribution >= 4 is 27.8 Å². The van der Waals surface area contributed by atoms with Crippen LogP contribution in [0.4, 0.5) is 0 Å². The Morgan fingerprint density at radius 3 is 2.28 bits per heavy atom. The lowest BCUT2D eigenvalue weighted by Crippen LogP contribution is -2.49. The Balaban J connectivity index is 1.29. The van der Waals surface area contributed by atoms with Gasteiger partial charge in [0.05, 0.1) is 17.2 Å². The van der Waals surface area contributed by atoms with Crippen LogP contribution in [0.1, 0.15) is 109 Å². The molecule has 0 saturated carbocycles. The minimum atomic E-state index is 0.278. The van der Waals surface area contributed by atoms with Crippen molar-refractivity contribution in [2.45, 2.75) is 98.4 Å². The molecule has 3 aromatic carbocycles. The number of nitrogens with zero attached hydrogens (tertiary/aromatic N) is 3. The van der Waals surface area contributed by atoms with Crippen molar-refractivity contribution in [1.29, 1.82) is 0 Å². The maximum absolute atomic E-state index is 7.05. The molecule has 0 amide bonds. The third-order valence-electron chi connectivity index (χ3n) is 12.6. The molecule has 4 heteroatoms. The minimum Gasteiger partial charge on any atom is -0.437 e. The first-order valence-corrected chi connectivity index (χ1v) is 19.8. The first-order valence-electron chi connectivity index (χ1n) is 19.8. The zero-order chi connectivity index (χ0) is 37.6. The molecular formula is C50H51N3O+2. The van der Waals surface area contributed by atoms with Gasteiger partial charge in [0.15, 0.2) is 29.2 Å². The van der Waals surface area contributed by atoms with E-state index >= 15 is 0 Å². The number of rotatable bonds is 3. The van der Waals surface area contributed by atoms with Crippen LogP contribution in [0.2, 0.25) is 0 Å². The number of aromatic nitrogens is 3. The van der Waals surface area contributed by atoms with E-state index in [1.165, 1.54) is 61.5 Å². The fourth-order valence-corrected chi connectivity index (χ4v) is 9.66. The molecule has 270 valence electrons. The Morgan fingerprint density at radius 2 is 1.52 bits per heavy atom. The molecule has 0 saturated heterocycles. The van der Waals surface area contributed by atoms with Crippen LogP contribution in [0.25, 0.3) is 61.5 Å². The van der Waals surface area contributed by atoms with Crippen molar-refractivity contribution in [3.63, 3.8) is 0 Å². The zero-order valence-corrected chi connectivity index (χ0v) is 33.0. The van der Waals surface area contributed by atoms with Gasteiger partial charge in [0.25, 0.3) is 0 Å². The van der Waals surface area contributed by atoms with Crippen molar-refractivity contribution in [3.8, 4) is 33.8 Å². The molecule has 4 aromatic heterocycles. The summed E-state index contributed by atoms with van der Waals surface area (Å²) in [5.74, 6) is 1.04. The van der Waals surface area contributed by atoms with E-state index in [0.29, 0.717) is 17.5 Å². The summed E-state index contributed by atoms with van der Waals surface area (Å²) in [6, 6.07) is 32.0. The number of hydrogen-bond acceptors (Lipinski definition) is 2. The second-order valence-electron chi connectivity index (χ2n) is 16.6. The Morgan fingerprint density at radius 1 is 0.778 bits per heavy atom. The first-order chi connectivity index (χ1) is 26.0. The highest BCUT2D eigenvalue weighted by molar-refractivity contribution is 6.09. The van der Waals surface area contributed by atoms with Gasteiger partial charge in [0, 0.05) is 64.9 Å². The Kier molecular flexibility index (Phi) is 8.22. The molecule has 54 heavy (non-hydrogen) atoms. The average molecular weight is 710 g/mol. The first kappa shape index (κ1) is 34.4. The van der Waals surface area contributed by atoms with E-state index in [2.05, 4.69) is 156 Å². The van der Waals surface area contributed by atoms with Gasteiger partial charge in [-0.1, -0.05) is 76.2 Å². The van der Waals surface area contributed by atoms with E-state index in [1.807, 2.05) is 0 Å². The van der Waals surface area contributed by atoms with Crippen LogP contribution in [0.5, 0.6) is 0 Å². The fraction of sp³-hybridized carbons (Fsp3) is 0.300. The Bertz CT molecular complexity index is 2650. The molecule has 2 aliphatic heterocycles. The monoisotopic (exact) mass is 709 g/mol. The third kappa shape index (κ3) is 5.28. The lowest BCUT2D eigenvalue weighted by atomic mass is 9.77. The van der Waals surface area contributed by atoms with Gasteiger partial charge >= 0.3 is 0 Å². The number of benzene rings is 3. The van der Waals surface area contributed by atoms with Crippen LogP contribution in [0.15, 0.2) is 102 Å². The van der Waals surface area contributed by atoms with Crippen molar-refractivity contribution in [1.82, 2.24) is 4.98 Å². The number of furan rings is 1. The molecule has 6 heterocycles. The SMILES string of the molecule is C=C1CC2c3ccccc3-c3ccc(C)c[n+]3C2CCc2ccc3c(oc4nc(-c5c(C(C)C)cccc5C(C)C)ccc43)c2-c2cc(C)c(C)c(C)[n+]21. The Hall–Kier alpha value is -5.35. The topological polar surface area (TPSA) is 33.8 Å². The molecule has 0 radical (unpaired) electrons. The van der Waals surface area contributed by atoms with Gasteiger partial charge < -0.3 is 4.42 Å². The van der Waals surface area contributed by atoms with Crippen LogP contribution in [0.3, 0.4) is 0 Å². The highest BCUT2D eigenvalue weighted by Gasteiger charge is 2.43. The third-order valence-corrected chi connectivity index (χ3v) is 12.6. The lowest BCUT2D eigenvalue weighted by molar-refractivity contribution is -0.719. The van der Waals surface area contributed by atoms with Crippen LogP contribution in [-0.2, 0) is 6.42 Å². The predicted molar refractivity (Wildman–Crippen MR) is 222 cm³/mol. The highest BCUT2D eigenvalue weighted by atomic mass is 16.3. The summed E-state index contributed by atoms with van der Waals surface area (Å²) in [4.78, 5) is 5.33. The molecule has 0 fully saturated rings. The second-order valence-corrected chi connectivity index (χ2v) is 16.6. The largest absolute Gasteiger partial charge is 0.437 e. The van der Waals surface area contributed by atoms with Crippen molar-refractivity contribution in [3.05, 3.63) is 142 Å². The van der Waals surface area contributed by atoms with Crippen LogP contribution in [-0.4, -0.2) is 4.98 Å². The smallest absolute Gasteiger partial charge is 0.227 e. The van der Waals surface area contributed by atoms with E-state index in [4.69, 9.17) is 16.0 Å². The number of aryl methyl sites for hydroxylation is 3. The van der Waals surface area contributed by atoms with Crippen molar-refractivity contribution < 1.29 is 13.6 Å². The minimum absolute atomic E-state index is 0.278. The van der Waals surface area contributed by atoms with Crippen molar-refractivity contribution in [2.24, 2.45) is 0 Å². The van der Waals surface area contributed by atoms with Gasteiger partial charge in [-0.15, -0.1) is 0 Å². The molecule has 2 unspecified atom stereocenters. The molecule has 9 rings (SSSR count). The molecule has 2 aliphatic rings. The molecule has 0 bridgehead atoms. The maximum atomic E-state index is 7.05. The molecule has 0 aliphatic carbocycles. The summed E-state index contributed by atoms with van der Waals surface area (Å²) >= 11 is 0. The summed E-state index contributed by atoms with van der Waals surface area (Å²) in [7, 11) is 0. The van der Waals surface area contributed by atoms with Gasteiger partial charge in [-0.3, -0.25) is 0 Å². The van der Waals surface area contributed by atoms with E-state index in [-0.39, 0.29) is 12.0 Å². The van der Waals surface area contributed by atoms with E-state index in [0.717, 1.165) is 58.3 Å². The summed E-state index contributed by atoms with van der Waals surface area (Å²) in [6.45, 7) is 22.9. The van der Waals surface area contributed by atoms with Crippen LogP contribution >= 0.6 is 0 Å². The average Bonchev–Trinajstić information content (AvgIpc) is 3.53. The normalized spacial score (nSPS) is 16.7. The lowest BCUT2D eigenvalue weighted by Gasteiger charge is -2.31. The van der Waals surface area contributed by atoms with Gasteiger partial charge in [-0.2, -0.15) is 9.13 Å². The van der Waals surface area contributed by atoms with Gasteiger partial charge in [-0.25, -0.2) is 4.98 Å². The molecule has 0 spiro atoms. The zero-order valence-electron chi connectivity index (χ0n) is 33.0. The summed E-state index contributed by atoms with van der Waals surface area (Å²) in [5, 5.41) is 2.16. The van der Waals surface area contributed by atoms with Crippen molar-refractivity contribution in [2.75, 3.05) is 0 Å². The maximum Gasteiger partial charge on any atom is 0.227 e. The number of hydrogen-bond donors (Lipinski definition) is 0.